The second kappa shape index (κ2) is 7.72. The molecule has 1 aliphatic carbocycles. The van der Waals surface area contributed by atoms with Crippen molar-refractivity contribution in [1.82, 2.24) is 9.80 Å². The van der Waals surface area contributed by atoms with E-state index in [4.69, 9.17) is 4.74 Å². The van der Waals surface area contributed by atoms with Gasteiger partial charge in [-0.05, 0) is 37.3 Å². The highest BCUT2D eigenvalue weighted by Crippen LogP contribution is 2.32. The maximum Gasteiger partial charge on any atom is 0.322 e. The highest BCUT2D eigenvalue weighted by atomic mass is 19.1. The second-order valence-corrected chi connectivity index (χ2v) is 6.67. The summed E-state index contributed by atoms with van der Waals surface area (Å²) in [6.45, 7) is 4.30. The van der Waals surface area contributed by atoms with Gasteiger partial charge in [0, 0.05) is 39.2 Å². The lowest BCUT2D eigenvalue weighted by atomic mass is 10.2. The van der Waals surface area contributed by atoms with Gasteiger partial charge in [-0.2, -0.15) is 0 Å². The number of benzene rings is 1. The number of nitrogens with one attached hydrogen (secondary N) is 1. The molecular weight excluding hydrogens is 325 g/mol. The van der Waals surface area contributed by atoms with Crippen molar-refractivity contribution in [3.63, 3.8) is 0 Å². The van der Waals surface area contributed by atoms with Gasteiger partial charge in [0.25, 0.3) is 0 Å². The van der Waals surface area contributed by atoms with Crippen LogP contribution in [0.3, 0.4) is 0 Å². The summed E-state index contributed by atoms with van der Waals surface area (Å²) in [6.07, 6.45) is 3.04. The molecule has 1 saturated heterocycles. The number of ether oxygens (including phenoxy) is 1. The molecule has 0 atom stereocenters. The molecule has 2 aliphatic rings. The highest BCUT2D eigenvalue weighted by molar-refractivity contribution is 5.91. The van der Waals surface area contributed by atoms with E-state index in [-0.39, 0.29) is 11.9 Å². The Morgan fingerprint density at radius 2 is 1.92 bits per heavy atom. The second-order valence-electron chi connectivity index (χ2n) is 6.67. The molecule has 3 amide bonds. The van der Waals surface area contributed by atoms with Crippen LogP contribution in [0.5, 0.6) is 5.75 Å². The first-order chi connectivity index (χ1) is 12.0. The first kappa shape index (κ1) is 17.5. The SMILES string of the molecule is CC(=O)N1CCCN(C(=O)Nc2cc(F)ccc2OCC2CC2)CC1. The van der Waals surface area contributed by atoms with E-state index in [1.54, 1.807) is 15.9 Å². The molecule has 136 valence electrons. The lowest BCUT2D eigenvalue weighted by Crippen LogP contribution is -2.38. The molecule has 1 saturated carbocycles. The normalized spacial score (nSPS) is 17.8. The van der Waals surface area contributed by atoms with Gasteiger partial charge in [0.1, 0.15) is 11.6 Å². The first-order valence-electron chi connectivity index (χ1n) is 8.76. The number of carbonyl (C=O) groups is 2. The van der Waals surface area contributed by atoms with Crippen LogP contribution < -0.4 is 10.1 Å². The van der Waals surface area contributed by atoms with E-state index in [1.165, 1.54) is 19.1 Å². The molecule has 1 N–H and O–H groups in total. The summed E-state index contributed by atoms with van der Waals surface area (Å²) in [5.41, 5.74) is 0.346. The van der Waals surface area contributed by atoms with Crippen LogP contribution in [-0.4, -0.2) is 54.5 Å². The van der Waals surface area contributed by atoms with Gasteiger partial charge in [-0.25, -0.2) is 9.18 Å². The number of rotatable bonds is 4. The molecule has 0 radical (unpaired) electrons. The quantitative estimate of drug-likeness (QED) is 0.909. The van der Waals surface area contributed by atoms with Crippen molar-refractivity contribution < 1.29 is 18.7 Å². The molecule has 25 heavy (non-hydrogen) atoms. The van der Waals surface area contributed by atoms with E-state index in [9.17, 15) is 14.0 Å². The molecule has 7 heteroatoms. The van der Waals surface area contributed by atoms with Crippen molar-refractivity contribution in [2.24, 2.45) is 5.92 Å². The number of hydrogen-bond donors (Lipinski definition) is 1. The summed E-state index contributed by atoms with van der Waals surface area (Å²) in [4.78, 5) is 27.4. The van der Waals surface area contributed by atoms with Crippen molar-refractivity contribution in [2.75, 3.05) is 38.1 Å². The van der Waals surface area contributed by atoms with Crippen LogP contribution in [0.2, 0.25) is 0 Å². The minimum atomic E-state index is -0.423. The maximum atomic E-state index is 13.6. The number of hydrogen-bond acceptors (Lipinski definition) is 3. The fourth-order valence-corrected chi connectivity index (χ4v) is 2.85. The van der Waals surface area contributed by atoms with Gasteiger partial charge in [-0.1, -0.05) is 0 Å². The zero-order chi connectivity index (χ0) is 17.8. The van der Waals surface area contributed by atoms with Gasteiger partial charge in [0.05, 0.1) is 12.3 Å². The number of urea groups is 1. The Hall–Kier alpha value is -2.31. The van der Waals surface area contributed by atoms with E-state index in [1.807, 2.05) is 0 Å². The fourth-order valence-electron chi connectivity index (χ4n) is 2.85. The Bertz CT molecular complexity index is 648. The van der Waals surface area contributed by atoms with Gasteiger partial charge in [0.15, 0.2) is 0 Å². The number of nitrogens with zero attached hydrogens (tertiary/aromatic N) is 2. The lowest BCUT2D eigenvalue weighted by Gasteiger charge is -2.22. The van der Waals surface area contributed by atoms with Crippen molar-refractivity contribution in [3.05, 3.63) is 24.0 Å². The molecule has 0 unspecified atom stereocenters. The van der Waals surface area contributed by atoms with Crippen LogP contribution in [-0.2, 0) is 4.79 Å². The maximum absolute atomic E-state index is 13.6. The molecule has 1 heterocycles. The summed E-state index contributed by atoms with van der Waals surface area (Å²) < 4.78 is 19.3. The minimum Gasteiger partial charge on any atom is -0.491 e. The third-order valence-corrected chi connectivity index (χ3v) is 4.58. The van der Waals surface area contributed by atoms with Crippen molar-refractivity contribution in [1.29, 1.82) is 0 Å². The standard InChI is InChI=1S/C18H24FN3O3/c1-13(23)21-7-2-8-22(10-9-21)18(24)20-16-11-15(19)5-6-17(16)25-12-14-3-4-14/h5-6,11,14H,2-4,7-10,12H2,1H3,(H,20,24). The summed E-state index contributed by atoms with van der Waals surface area (Å²) in [5, 5.41) is 2.76. The highest BCUT2D eigenvalue weighted by Gasteiger charge is 2.24. The summed E-state index contributed by atoms with van der Waals surface area (Å²) in [6, 6.07) is 3.86. The zero-order valence-electron chi connectivity index (χ0n) is 14.5. The smallest absolute Gasteiger partial charge is 0.322 e. The van der Waals surface area contributed by atoms with E-state index in [0.29, 0.717) is 50.1 Å². The number of anilines is 1. The van der Waals surface area contributed by atoms with Gasteiger partial charge in [-0.15, -0.1) is 0 Å². The van der Waals surface area contributed by atoms with Crippen LogP contribution in [0, 0.1) is 11.7 Å². The van der Waals surface area contributed by atoms with Crippen molar-refractivity contribution >= 4 is 17.6 Å². The van der Waals surface area contributed by atoms with Crippen molar-refractivity contribution in [3.8, 4) is 5.75 Å². The predicted octanol–water partition coefficient (Wildman–Crippen LogP) is 2.70. The Labute approximate surface area is 146 Å². The molecular formula is C18H24FN3O3. The van der Waals surface area contributed by atoms with E-state index < -0.39 is 5.82 Å². The monoisotopic (exact) mass is 349 g/mol. The van der Waals surface area contributed by atoms with Crippen LogP contribution in [0.15, 0.2) is 18.2 Å². The van der Waals surface area contributed by atoms with Gasteiger partial charge >= 0.3 is 6.03 Å². The molecule has 1 aromatic rings. The van der Waals surface area contributed by atoms with Crippen LogP contribution in [0.25, 0.3) is 0 Å². The lowest BCUT2D eigenvalue weighted by molar-refractivity contribution is -0.128. The summed E-state index contributed by atoms with van der Waals surface area (Å²) >= 11 is 0. The number of halogens is 1. The summed E-state index contributed by atoms with van der Waals surface area (Å²) in [5.74, 6) is 0.648. The fraction of sp³-hybridized carbons (Fsp3) is 0.556. The molecule has 0 bridgehead atoms. The van der Waals surface area contributed by atoms with Crippen LogP contribution in [0.1, 0.15) is 26.2 Å². The van der Waals surface area contributed by atoms with Crippen LogP contribution >= 0.6 is 0 Å². The van der Waals surface area contributed by atoms with Crippen molar-refractivity contribution in [2.45, 2.75) is 26.2 Å². The number of amides is 3. The molecule has 0 spiro atoms. The molecule has 3 rings (SSSR count). The zero-order valence-corrected chi connectivity index (χ0v) is 14.5. The van der Waals surface area contributed by atoms with E-state index >= 15 is 0 Å². The Balaban J connectivity index is 1.63. The molecule has 6 nitrogen and oxygen atoms in total. The average molecular weight is 349 g/mol. The molecule has 0 aromatic heterocycles. The van der Waals surface area contributed by atoms with Crippen LogP contribution in [0.4, 0.5) is 14.9 Å². The Morgan fingerprint density at radius 3 is 2.64 bits per heavy atom. The molecule has 1 aliphatic heterocycles. The Morgan fingerprint density at radius 1 is 1.20 bits per heavy atom. The minimum absolute atomic E-state index is 0.0168. The first-order valence-corrected chi connectivity index (χ1v) is 8.76. The van der Waals surface area contributed by atoms with Gasteiger partial charge in [-0.3, -0.25) is 4.79 Å². The Kier molecular flexibility index (Phi) is 5.40. The molecule has 2 fully saturated rings. The topological polar surface area (TPSA) is 61.9 Å². The predicted molar refractivity (Wildman–Crippen MR) is 92.1 cm³/mol. The summed E-state index contributed by atoms with van der Waals surface area (Å²) in [7, 11) is 0. The third kappa shape index (κ3) is 4.84. The van der Waals surface area contributed by atoms with Gasteiger partial charge < -0.3 is 19.9 Å². The number of carbonyl (C=O) groups excluding carboxylic acids is 2. The van der Waals surface area contributed by atoms with E-state index in [0.717, 1.165) is 19.3 Å². The largest absolute Gasteiger partial charge is 0.491 e. The third-order valence-electron chi connectivity index (χ3n) is 4.58. The van der Waals surface area contributed by atoms with E-state index in [2.05, 4.69) is 5.32 Å². The average Bonchev–Trinajstić information content (AvgIpc) is 3.40. The molecule has 1 aromatic carbocycles. The van der Waals surface area contributed by atoms with Gasteiger partial charge in [0.2, 0.25) is 5.91 Å².